The minimum Gasteiger partial charge on any atom is -0.459 e. The second-order valence-electron chi connectivity index (χ2n) is 8.48. The Labute approximate surface area is 209 Å². The maximum Gasteiger partial charge on any atom is 0.289 e. The van der Waals surface area contributed by atoms with Crippen LogP contribution in [0.5, 0.6) is 0 Å². The molecule has 36 heavy (non-hydrogen) atoms. The fraction of sp³-hybridized carbons (Fsp3) is 0.280. The van der Waals surface area contributed by atoms with Crippen molar-refractivity contribution in [3.05, 3.63) is 75.2 Å². The van der Waals surface area contributed by atoms with Gasteiger partial charge in [0.2, 0.25) is 5.43 Å². The first-order chi connectivity index (χ1) is 17.4. The molecule has 1 saturated heterocycles. The fourth-order valence-corrected chi connectivity index (χ4v) is 5.03. The largest absolute Gasteiger partial charge is 0.459 e. The summed E-state index contributed by atoms with van der Waals surface area (Å²) in [5, 5.41) is 4.97. The van der Waals surface area contributed by atoms with Crippen molar-refractivity contribution in [1.29, 1.82) is 0 Å². The van der Waals surface area contributed by atoms with Gasteiger partial charge in [-0.3, -0.25) is 19.7 Å². The van der Waals surface area contributed by atoms with E-state index in [4.69, 9.17) is 4.42 Å². The molecule has 4 heterocycles. The molecule has 2 amide bonds. The Morgan fingerprint density at radius 2 is 2.00 bits per heavy atom. The number of hydrogen-bond donors (Lipinski definition) is 1. The highest BCUT2D eigenvalue weighted by molar-refractivity contribution is 7.13. The summed E-state index contributed by atoms with van der Waals surface area (Å²) in [5.41, 5.74) is 1.04. The maximum atomic E-state index is 15.3. The second-order valence-corrected chi connectivity index (χ2v) is 9.34. The Kier molecular flexibility index (Phi) is 6.31. The van der Waals surface area contributed by atoms with Crippen molar-refractivity contribution < 1.29 is 18.4 Å². The lowest BCUT2D eigenvalue weighted by molar-refractivity contribution is 0.0714. The summed E-state index contributed by atoms with van der Waals surface area (Å²) in [4.78, 5) is 46.3. The number of carbonyl (C=O) groups is 2. The van der Waals surface area contributed by atoms with Gasteiger partial charge in [0.1, 0.15) is 11.4 Å². The van der Waals surface area contributed by atoms with E-state index in [9.17, 15) is 14.4 Å². The van der Waals surface area contributed by atoms with E-state index in [2.05, 4.69) is 10.3 Å². The van der Waals surface area contributed by atoms with Gasteiger partial charge in [-0.25, -0.2) is 9.37 Å². The number of fused-ring (bicyclic) bond motifs is 1. The minimum atomic E-state index is -0.583. The van der Waals surface area contributed by atoms with Crippen LogP contribution in [-0.2, 0) is 6.54 Å². The van der Waals surface area contributed by atoms with E-state index in [0.29, 0.717) is 49.1 Å². The summed E-state index contributed by atoms with van der Waals surface area (Å²) < 4.78 is 22.2. The SMILES string of the molecule is CCn1cc(C(=O)Nc2nc(C)cs2)c(=O)c2cc(F)c(N3CCN(C(=O)c4ccco4)CC3)cc21. The molecule has 0 atom stereocenters. The molecule has 3 aromatic heterocycles. The van der Waals surface area contributed by atoms with E-state index in [0.717, 1.165) is 5.69 Å². The zero-order valence-electron chi connectivity index (χ0n) is 19.8. The molecule has 0 spiro atoms. The van der Waals surface area contributed by atoms with Crippen LogP contribution in [0, 0.1) is 12.7 Å². The lowest BCUT2D eigenvalue weighted by atomic mass is 10.1. The van der Waals surface area contributed by atoms with Crippen LogP contribution < -0.4 is 15.6 Å². The summed E-state index contributed by atoms with van der Waals surface area (Å²) in [6.45, 7) is 5.85. The molecule has 1 N–H and O–H groups in total. The lowest BCUT2D eigenvalue weighted by Crippen LogP contribution is -2.49. The van der Waals surface area contributed by atoms with Gasteiger partial charge in [-0.1, -0.05) is 0 Å². The number of halogens is 1. The molecule has 4 aromatic rings. The first-order valence-corrected chi connectivity index (χ1v) is 12.4. The number of hydrogen-bond acceptors (Lipinski definition) is 7. The van der Waals surface area contributed by atoms with E-state index in [1.54, 1.807) is 33.0 Å². The monoisotopic (exact) mass is 509 g/mol. The van der Waals surface area contributed by atoms with E-state index < -0.39 is 17.2 Å². The Hall–Kier alpha value is -3.99. The van der Waals surface area contributed by atoms with Gasteiger partial charge in [-0.15, -0.1) is 11.3 Å². The first-order valence-electron chi connectivity index (χ1n) is 11.5. The molecular formula is C25H24FN5O4S. The number of aryl methyl sites for hydroxylation is 2. The highest BCUT2D eigenvalue weighted by atomic mass is 32.1. The molecule has 0 unspecified atom stereocenters. The molecule has 0 saturated carbocycles. The van der Waals surface area contributed by atoms with E-state index in [1.165, 1.54) is 29.9 Å². The zero-order valence-corrected chi connectivity index (χ0v) is 20.6. The summed E-state index contributed by atoms with van der Waals surface area (Å²) in [6, 6.07) is 6.12. The molecule has 0 aliphatic carbocycles. The Morgan fingerprint density at radius 1 is 1.22 bits per heavy atom. The summed E-state index contributed by atoms with van der Waals surface area (Å²) in [7, 11) is 0. The third-order valence-corrected chi connectivity index (χ3v) is 7.09. The van der Waals surface area contributed by atoms with Gasteiger partial charge in [-0.05, 0) is 38.1 Å². The lowest BCUT2D eigenvalue weighted by Gasteiger charge is -2.36. The van der Waals surface area contributed by atoms with E-state index in [1.807, 2.05) is 18.7 Å². The molecule has 5 rings (SSSR count). The number of piperazine rings is 1. The third kappa shape index (κ3) is 4.37. The van der Waals surface area contributed by atoms with Crippen molar-refractivity contribution >= 4 is 44.9 Å². The number of amides is 2. The van der Waals surface area contributed by atoms with Crippen LogP contribution in [0.4, 0.5) is 15.2 Å². The smallest absolute Gasteiger partial charge is 0.289 e. The third-order valence-electron chi connectivity index (χ3n) is 6.21. The van der Waals surface area contributed by atoms with Gasteiger partial charge in [0.25, 0.3) is 11.8 Å². The second kappa shape index (κ2) is 9.57. The number of furan rings is 1. The number of anilines is 2. The van der Waals surface area contributed by atoms with Crippen molar-refractivity contribution in [3.63, 3.8) is 0 Å². The number of rotatable bonds is 5. The summed E-state index contributed by atoms with van der Waals surface area (Å²) in [6.07, 6.45) is 2.96. The highest BCUT2D eigenvalue weighted by Gasteiger charge is 2.26. The van der Waals surface area contributed by atoms with Gasteiger partial charge in [0, 0.05) is 49.7 Å². The quantitative estimate of drug-likeness (QED) is 0.440. The predicted octanol–water partition coefficient (Wildman–Crippen LogP) is 3.73. The minimum absolute atomic E-state index is 0.0746. The van der Waals surface area contributed by atoms with Crippen molar-refractivity contribution in [2.45, 2.75) is 20.4 Å². The van der Waals surface area contributed by atoms with Gasteiger partial charge in [0.15, 0.2) is 10.9 Å². The van der Waals surface area contributed by atoms with Crippen LogP contribution in [0.1, 0.15) is 33.5 Å². The number of nitrogens with one attached hydrogen (secondary N) is 1. The van der Waals surface area contributed by atoms with E-state index in [-0.39, 0.29) is 22.6 Å². The number of aromatic nitrogens is 2. The van der Waals surface area contributed by atoms with Gasteiger partial charge in [-0.2, -0.15) is 0 Å². The van der Waals surface area contributed by atoms with Crippen molar-refractivity contribution in [3.8, 4) is 0 Å². The maximum absolute atomic E-state index is 15.3. The van der Waals surface area contributed by atoms with Crippen molar-refractivity contribution in [2.24, 2.45) is 0 Å². The van der Waals surface area contributed by atoms with E-state index >= 15 is 4.39 Å². The molecule has 186 valence electrons. The molecule has 9 nitrogen and oxygen atoms in total. The summed E-state index contributed by atoms with van der Waals surface area (Å²) >= 11 is 1.27. The number of pyridine rings is 1. The molecule has 1 fully saturated rings. The van der Waals surface area contributed by atoms with Gasteiger partial charge < -0.3 is 18.8 Å². The van der Waals surface area contributed by atoms with Crippen LogP contribution in [0.25, 0.3) is 10.9 Å². The van der Waals surface area contributed by atoms with Crippen molar-refractivity contribution in [1.82, 2.24) is 14.5 Å². The number of nitrogens with zero attached hydrogens (tertiary/aromatic N) is 4. The van der Waals surface area contributed by atoms with Crippen LogP contribution in [-0.4, -0.2) is 52.4 Å². The normalized spacial score (nSPS) is 13.9. The van der Waals surface area contributed by atoms with Crippen LogP contribution in [0.3, 0.4) is 0 Å². The summed E-state index contributed by atoms with van der Waals surface area (Å²) in [5.74, 6) is -1.06. The molecule has 0 bridgehead atoms. The fourth-order valence-electron chi connectivity index (χ4n) is 4.35. The first kappa shape index (κ1) is 23.7. The number of benzene rings is 1. The van der Waals surface area contributed by atoms with Crippen LogP contribution in [0.2, 0.25) is 0 Å². The Bertz CT molecular complexity index is 1500. The number of thiazole rings is 1. The topological polar surface area (TPSA) is 101 Å². The Balaban J connectivity index is 1.42. The van der Waals surface area contributed by atoms with Crippen LogP contribution >= 0.6 is 11.3 Å². The van der Waals surface area contributed by atoms with Crippen molar-refractivity contribution in [2.75, 3.05) is 36.4 Å². The predicted molar refractivity (Wildman–Crippen MR) is 135 cm³/mol. The average molecular weight is 510 g/mol. The molecule has 1 aliphatic heterocycles. The average Bonchev–Trinajstić information content (AvgIpc) is 3.56. The van der Waals surface area contributed by atoms with Crippen LogP contribution in [0.15, 0.2) is 51.3 Å². The number of carbonyl (C=O) groups excluding carboxylic acids is 2. The molecular weight excluding hydrogens is 485 g/mol. The highest BCUT2D eigenvalue weighted by Crippen LogP contribution is 2.27. The molecule has 1 aliphatic rings. The molecule has 11 heteroatoms. The molecule has 1 aromatic carbocycles. The zero-order chi connectivity index (χ0) is 25.4. The van der Waals surface area contributed by atoms with Gasteiger partial charge >= 0.3 is 0 Å². The standard InChI is InChI=1S/C25H24FN5O4S/c1-3-29-13-17(23(33)28-25-27-15(2)14-36-25)22(32)16-11-18(26)20(12-19(16)29)30-6-8-31(9-7-30)24(34)21-5-4-10-35-21/h4-5,10-14H,3,6-9H2,1-2H3,(H,27,28,33). The Morgan fingerprint density at radius 3 is 2.64 bits per heavy atom. The van der Waals surface area contributed by atoms with Gasteiger partial charge in [0.05, 0.1) is 23.2 Å². The molecule has 0 radical (unpaired) electrons.